The van der Waals surface area contributed by atoms with Crippen molar-refractivity contribution >= 4 is 45.3 Å². The highest BCUT2D eigenvalue weighted by molar-refractivity contribution is 6.30. The Morgan fingerprint density at radius 1 is 1.03 bits per heavy atom. The third-order valence-corrected chi connectivity index (χ3v) is 6.63. The van der Waals surface area contributed by atoms with E-state index in [0.717, 1.165) is 45.0 Å². The number of H-pyrrole nitrogens is 1. The molecule has 0 fully saturated rings. The predicted octanol–water partition coefficient (Wildman–Crippen LogP) is 6.61. The van der Waals surface area contributed by atoms with Crippen LogP contribution in [0.1, 0.15) is 35.0 Å². The minimum atomic E-state index is -1.11. The van der Waals surface area contributed by atoms with Crippen molar-refractivity contribution in [2.24, 2.45) is 0 Å². The number of furan rings is 1. The highest BCUT2D eigenvalue weighted by atomic mass is 35.5. The molecule has 7 heteroatoms. The smallest absolute Gasteiger partial charge is 0.326 e. The van der Waals surface area contributed by atoms with Crippen LogP contribution in [0.4, 0.5) is 0 Å². The highest BCUT2D eigenvalue weighted by Crippen LogP contribution is 2.32. The van der Waals surface area contributed by atoms with E-state index in [4.69, 9.17) is 16.0 Å². The van der Waals surface area contributed by atoms with Crippen LogP contribution in [-0.2, 0) is 17.6 Å². The van der Waals surface area contributed by atoms with Crippen LogP contribution in [0, 0.1) is 0 Å². The quantitative estimate of drug-likeness (QED) is 0.223. The van der Waals surface area contributed by atoms with Gasteiger partial charge >= 0.3 is 5.97 Å². The van der Waals surface area contributed by atoms with Gasteiger partial charge in [0.05, 0.1) is 0 Å². The molecule has 3 aromatic carbocycles. The maximum absolute atomic E-state index is 13.3. The third kappa shape index (κ3) is 4.60. The number of aliphatic carboxylic acids is 1. The Hall–Kier alpha value is -4.03. The first-order chi connectivity index (χ1) is 17.4. The molecule has 0 saturated carbocycles. The van der Waals surface area contributed by atoms with E-state index < -0.39 is 17.9 Å². The Morgan fingerprint density at radius 3 is 2.53 bits per heavy atom. The number of rotatable bonds is 8. The maximum atomic E-state index is 13.3. The zero-order chi connectivity index (χ0) is 25.2. The second kappa shape index (κ2) is 9.91. The molecule has 0 aliphatic heterocycles. The molecule has 1 amide bonds. The van der Waals surface area contributed by atoms with E-state index >= 15 is 0 Å². The molecule has 5 aromatic rings. The van der Waals surface area contributed by atoms with Gasteiger partial charge in [0, 0.05) is 39.5 Å². The third-order valence-electron chi connectivity index (χ3n) is 6.38. The number of nitrogens with one attached hydrogen (secondary N) is 2. The van der Waals surface area contributed by atoms with Crippen LogP contribution in [0.5, 0.6) is 0 Å². The van der Waals surface area contributed by atoms with Gasteiger partial charge in [-0.2, -0.15) is 0 Å². The normalized spacial score (nSPS) is 12.2. The van der Waals surface area contributed by atoms with Gasteiger partial charge in [0.15, 0.2) is 5.76 Å². The van der Waals surface area contributed by atoms with E-state index in [9.17, 15) is 14.7 Å². The molecule has 1 atom stereocenters. The van der Waals surface area contributed by atoms with E-state index in [2.05, 4.69) is 10.3 Å². The molecule has 2 heterocycles. The topological polar surface area (TPSA) is 95.3 Å². The summed E-state index contributed by atoms with van der Waals surface area (Å²) in [4.78, 5) is 28.5. The van der Waals surface area contributed by atoms with E-state index in [-0.39, 0.29) is 12.2 Å². The molecule has 36 heavy (non-hydrogen) atoms. The average molecular weight is 501 g/mol. The summed E-state index contributed by atoms with van der Waals surface area (Å²) in [6.07, 6.45) is 3.38. The standard InChI is InChI=1S/C29H25ClN2O4/c1-2-5-23-22-13-10-18(17-8-11-20(30)12-9-17)15-26(22)36-27(23)28(33)32-25(29(34)35)14-19-16-31-24-7-4-3-6-21(19)24/h3-4,6-13,15-16,25,31H,2,5,14H2,1H3,(H,32,33)(H,34,35)/t25-/m0/s1. The zero-order valence-electron chi connectivity index (χ0n) is 19.7. The van der Waals surface area contributed by atoms with Gasteiger partial charge < -0.3 is 19.8 Å². The maximum Gasteiger partial charge on any atom is 0.326 e. The summed E-state index contributed by atoms with van der Waals surface area (Å²) in [5, 5.41) is 15.0. The summed E-state index contributed by atoms with van der Waals surface area (Å²) in [6, 6.07) is 19.9. The zero-order valence-corrected chi connectivity index (χ0v) is 20.4. The summed E-state index contributed by atoms with van der Waals surface area (Å²) in [5.74, 6) is -1.48. The minimum Gasteiger partial charge on any atom is -0.480 e. The molecule has 3 N–H and O–H groups in total. The molecule has 0 aliphatic rings. The summed E-state index contributed by atoms with van der Waals surface area (Å²) in [7, 11) is 0. The van der Waals surface area contributed by atoms with Crippen LogP contribution in [0.15, 0.2) is 77.3 Å². The van der Waals surface area contributed by atoms with Crippen molar-refractivity contribution in [2.45, 2.75) is 32.2 Å². The fourth-order valence-corrected chi connectivity index (χ4v) is 4.72. The number of benzene rings is 3. The molecule has 0 unspecified atom stereocenters. The Balaban J connectivity index is 1.45. The lowest BCUT2D eigenvalue weighted by Gasteiger charge is -2.14. The molecule has 0 saturated heterocycles. The van der Waals surface area contributed by atoms with Gasteiger partial charge in [0.25, 0.3) is 5.91 Å². The van der Waals surface area contributed by atoms with Crippen LogP contribution in [0.25, 0.3) is 33.0 Å². The Bertz CT molecular complexity index is 1570. The summed E-state index contributed by atoms with van der Waals surface area (Å²) in [6.45, 7) is 2.03. The van der Waals surface area contributed by atoms with Crippen molar-refractivity contribution < 1.29 is 19.1 Å². The van der Waals surface area contributed by atoms with Crippen molar-refractivity contribution in [3.63, 3.8) is 0 Å². The van der Waals surface area contributed by atoms with Crippen molar-refractivity contribution in [3.8, 4) is 11.1 Å². The van der Waals surface area contributed by atoms with Gasteiger partial charge in [-0.15, -0.1) is 0 Å². The molecule has 2 aromatic heterocycles. The molecule has 0 aliphatic carbocycles. The monoisotopic (exact) mass is 500 g/mol. The van der Waals surface area contributed by atoms with E-state index in [1.165, 1.54) is 0 Å². The number of carboxylic acid groups (broad SMARTS) is 1. The number of fused-ring (bicyclic) bond motifs is 2. The van der Waals surface area contributed by atoms with Crippen LogP contribution in [0.2, 0.25) is 5.02 Å². The number of hydrogen-bond donors (Lipinski definition) is 3. The molecular formula is C29H25ClN2O4. The van der Waals surface area contributed by atoms with Gasteiger partial charge in [-0.25, -0.2) is 4.79 Å². The fourth-order valence-electron chi connectivity index (χ4n) is 4.60. The molecule has 5 rings (SSSR count). The number of halogens is 1. The van der Waals surface area contributed by atoms with Crippen molar-refractivity contribution in [3.05, 3.63) is 94.8 Å². The number of carbonyl (C=O) groups excluding carboxylic acids is 1. The molecule has 0 spiro atoms. The Labute approximate surface area is 212 Å². The van der Waals surface area contributed by atoms with Crippen molar-refractivity contribution in [2.75, 3.05) is 0 Å². The van der Waals surface area contributed by atoms with Crippen LogP contribution < -0.4 is 5.32 Å². The number of aromatic amines is 1. The fraction of sp³-hybridized carbons (Fsp3) is 0.172. The van der Waals surface area contributed by atoms with Gasteiger partial charge in [-0.05, 0) is 47.4 Å². The lowest BCUT2D eigenvalue weighted by molar-refractivity contribution is -0.139. The number of para-hydroxylation sites is 1. The summed E-state index contributed by atoms with van der Waals surface area (Å²) < 4.78 is 6.05. The molecule has 0 radical (unpaired) electrons. The number of aromatic nitrogens is 1. The van der Waals surface area contributed by atoms with Gasteiger partial charge in [0.1, 0.15) is 11.6 Å². The number of carbonyl (C=O) groups is 2. The highest BCUT2D eigenvalue weighted by Gasteiger charge is 2.27. The van der Waals surface area contributed by atoms with Crippen LogP contribution in [-0.4, -0.2) is 28.0 Å². The minimum absolute atomic E-state index is 0.148. The first-order valence-electron chi connectivity index (χ1n) is 11.8. The molecule has 6 nitrogen and oxygen atoms in total. The first kappa shape index (κ1) is 23.7. The number of carboxylic acids is 1. The van der Waals surface area contributed by atoms with Crippen molar-refractivity contribution in [1.82, 2.24) is 10.3 Å². The molecular weight excluding hydrogens is 476 g/mol. The van der Waals surface area contributed by atoms with E-state index in [0.29, 0.717) is 17.0 Å². The van der Waals surface area contributed by atoms with Gasteiger partial charge in [0.2, 0.25) is 0 Å². The molecule has 182 valence electrons. The van der Waals surface area contributed by atoms with E-state index in [1.54, 1.807) is 6.20 Å². The van der Waals surface area contributed by atoms with Crippen molar-refractivity contribution in [1.29, 1.82) is 0 Å². The largest absolute Gasteiger partial charge is 0.480 e. The molecule has 0 bridgehead atoms. The Kier molecular flexibility index (Phi) is 6.53. The lowest BCUT2D eigenvalue weighted by Crippen LogP contribution is -2.42. The number of aryl methyl sites for hydroxylation is 1. The lowest BCUT2D eigenvalue weighted by atomic mass is 10.0. The number of hydrogen-bond acceptors (Lipinski definition) is 3. The Morgan fingerprint density at radius 2 is 1.78 bits per heavy atom. The summed E-state index contributed by atoms with van der Waals surface area (Å²) >= 11 is 6.02. The predicted molar refractivity (Wildman–Crippen MR) is 142 cm³/mol. The van der Waals surface area contributed by atoms with Crippen LogP contribution >= 0.6 is 11.6 Å². The second-order valence-corrected chi connectivity index (χ2v) is 9.24. The second-order valence-electron chi connectivity index (χ2n) is 8.81. The van der Waals surface area contributed by atoms with Gasteiger partial charge in [-0.1, -0.05) is 67.4 Å². The van der Waals surface area contributed by atoms with E-state index in [1.807, 2.05) is 73.7 Å². The number of amides is 1. The van der Waals surface area contributed by atoms with Crippen LogP contribution in [0.3, 0.4) is 0 Å². The average Bonchev–Trinajstić information content (AvgIpc) is 3.45. The SMILES string of the molecule is CCCc1c(C(=O)N[C@@H](Cc2c[nH]c3ccccc23)C(=O)O)oc2cc(-c3ccc(Cl)cc3)ccc12. The van der Waals surface area contributed by atoms with Gasteiger partial charge in [-0.3, -0.25) is 4.79 Å². The first-order valence-corrected chi connectivity index (χ1v) is 12.2. The summed E-state index contributed by atoms with van der Waals surface area (Å²) in [5.41, 5.74) is 5.02.